The van der Waals surface area contributed by atoms with Crippen LogP contribution in [0.15, 0.2) is 47.3 Å². The summed E-state index contributed by atoms with van der Waals surface area (Å²) in [6.45, 7) is 3.57. The number of rotatable bonds is 3. The Balaban J connectivity index is 1.72. The van der Waals surface area contributed by atoms with Crippen molar-refractivity contribution in [1.82, 2.24) is 13.4 Å². The molecule has 7 nitrogen and oxygen atoms in total. The van der Waals surface area contributed by atoms with Crippen LogP contribution < -0.4 is 5.69 Å². The van der Waals surface area contributed by atoms with Crippen molar-refractivity contribution in [3.63, 3.8) is 0 Å². The van der Waals surface area contributed by atoms with Gasteiger partial charge in [0.05, 0.1) is 23.0 Å². The van der Waals surface area contributed by atoms with E-state index >= 15 is 0 Å². The molecule has 1 fully saturated rings. The van der Waals surface area contributed by atoms with Gasteiger partial charge in [-0.25, -0.2) is 17.8 Å². The van der Waals surface area contributed by atoms with E-state index in [-0.39, 0.29) is 24.2 Å². The summed E-state index contributed by atoms with van der Waals surface area (Å²) >= 11 is 0. The van der Waals surface area contributed by atoms with Gasteiger partial charge in [-0.15, -0.1) is 0 Å². The van der Waals surface area contributed by atoms with Crippen LogP contribution in [0, 0.1) is 0 Å². The van der Waals surface area contributed by atoms with Gasteiger partial charge in [0.15, 0.2) is 0 Å². The van der Waals surface area contributed by atoms with Crippen LogP contribution in [0.4, 0.5) is 0 Å². The lowest BCUT2D eigenvalue weighted by molar-refractivity contribution is 0.339. The first-order valence-corrected chi connectivity index (χ1v) is 10.9. The molecule has 1 saturated heterocycles. The highest BCUT2D eigenvalue weighted by molar-refractivity contribution is 7.89. The molecule has 0 aliphatic carbocycles. The van der Waals surface area contributed by atoms with Gasteiger partial charge in [-0.1, -0.05) is 36.4 Å². The zero-order chi connectivity index (χ0) is 19.8. The number of fused-ring (bicyclic) bond motifs is 6. The van der Waals surface area contributed by atoms with Gasteiger partial charge in [-0.3, -0.25) is 4.57 Å². The second-order valence-electron chi connectivity index (χ2n) is 7.76. The summed E-state index contributed by atoms with van der Waals surface area (Å²) in [5.41, 5.74) is 0.677. The smallest absolute Gasteiger partial charge is 0.336 e. The third-order valence-electron chi connectivity index (χ3n) is 5.94. The number of hydrogen-bond donors (Lipinski definition) is 1. The number of benzene rings is 2. The van der Waals surface area contributed by atoms with Gasteiger partial charge in [0, 0.05) is 11.9 Å². The number of imidazole rings is 1. The van der Waals surface area contributed by atoms with E-state index < -0.39 is 21.3 Å². The molecule has 5 rings (SSSR count). The van der Waals surface area contributed by atoms with Gasteiger partial charge >= 0.3 is 5.69 Å². The number of aromatic hydroxyl groups is 1. The van der Waals surface area contributed by atoms with E-state index in [1.54, 1.807) is 24.5 Å². The average Bonchev–Trinajstić information content (AvgIpc) is 3.33. The van der Waals surface area contributed by atoms with Crippen molar-refractivity contribution in [3.8, 4) is 11.6 Å². The molecular formula is C20H21N3O4S. The molecule has 1 N–H and O–H groups in total. The summed E-state index contributed by atoms with van der Waals surface area (Å²) < 4.78 is 29.8. The second kappa shape index (κ2) is 5.71. The summed E-state index contributed by atoms with van der Waals surface area (Å²) in [7, 11) is -3.47. The first-order chi connectivity index (χ1) is 13.3. The number of nitrogens with zero attached hydrogens (tertiary/aromatic N) is 3. The third kappa shape index (κ3) is 2.13. The zero-order valence-corrected chi connectivity index (χ0v) is 16.4. The van der Waals surface area contributed by atoms with Gasteiger partial charge in [0.1, 0.15) is 5.69 Å². The molecule has 2 aromatic carbocycles. The summed E-state index contributed by atoms with van der Waals surface area (Å²) in [6, 6.07) is 12.5. The lowest BCUT2D eigenvalue weighted by Gasteiger charge is -2.28. The van der Waals surface area contributed by atoms with E-state index in [9.17, 15) is 18.3 Å². The Hall–Kier alpha value is -2.58. The predicted molar refractivity (Wildman–Crippen MR) is 106 cm³/mol. The molecule has 0 saturated carbocycles. The molecule has 3 heterocycles. The predicted octanol–water partition coefficient (Wildman–Crippen LogP) is 2.54. The maximum atomic E-state index is 13.2. The quantitative estimate of drug-likeness (QED) is 0.734. The van der Waals surface area contributed by atoms with Crippen LogP contribution in [0.3, 0.4) is 0 Å². The Bertz CT molecular complexity index is 1270. The molecule has 1 aromatic heterocycles. The maximum Gasteiger partial charge on any atom is 0.336 e. The molecule has 2 aliphatic heterocycles. The Labute approximate surface area is 162 Å². The van der Waals surface area contributed by atoms with Gasteiger partial charge in [0.25, 0.3) is 0 Å². The van der Waals surface area contributed by atoms with E-state index in [1.807, 2.05) is 36.4 Å². The van der Waals surface area contributed by atoms with Gasteiger partial charge < -0.3 is 5.11 Å². The van der Waals surface area contributed by atoms with Crippen molar-refractivity contribution in [2.45, 2.75) is 37.6 Å². The minimum atomic E-state index is -3.47. The second-order valence-corrected chi connectivity index (χ2v) is 10.2. The van der Waals surface area contributed by atoms with E-state index in [0.29, 0.717) is 17.8 Å². The zero-order valence-electron chi connectivity index (χ0n) is 15.6. The molecule has 146 valence electrons. The van der Waals surface area contributed by atoms with Crippen LogP contribution in [-0.2, 0) is 10.0 Å². The Morgan fingerprint density at radius 2 is 1.82 bits per heavy atom. The Morgan fingerprint density at radius 3 is 2.57 bits per heavy atom. The minimum Gasteiger partial charge on any atom is -0.493 e. The SMILES string of the molecule is CC(C)S(=O)(=O)N1CC2CC1c1c(O)n(-c3cccc4ccccc34)c(=O)n12. The van der Waals surface area contributed by atoms with Crippen LogP contribution in [0.5, 0.6) is 5.88 Å². The lowest BCUT2D eigenvalue weighted by Crippen LogP contribution is -2.40. The van der Waals surface area contributed by atoms with E-state index in [1.165, 1.54) is 8.87 Å². The maximum absolute atomic E-state index is 13.2. The Kier molecular flexibility index (Phi) is 3.57. The highest BCUT2D eigenvalue weighted by Crippen LogP contribution is 2.50. The molecule has 2 atom stereocenters. The minimum absolute atomic E-state index is 0.169. The van der Waals surface area contributed by atoms with Crippen molar-refractivity contribution >= 4 is 20.8 Å². The van der Waals surface area contributed by atoms with Gasteiger partial charge in [-0.05, 0) is 31.7 Å². The molecule has 2 aliphatic rings. The molecule has 0 spiro atoms. The fraction of sp³-hybridized carbons (Fsp3) is 0.350. The van der Waals surface area contributed by atoms with Gasteiger partial charge in [0.2, 0.25) is 15.9 Å². The van der Waals surface area contributed by atoms with Crippen molar-refractivity contribution in [2.75, 3.05) is 6.54 Å². The van der Waals surface area contributed by atoms with Crippen LogP contribution >= 0.6 is 0 Å². The summed E-state index contributed by atoms with van der Waals surface area (Å²) in [5, 5.41) is 12.3. The standard InChI is InChI=1S/C20H21N3O4S/c1-12(2)28(26,27)21-11-14-10-17(21)18-19(24)23(20(25)22(14)18)16-9-5-7-13-6-3-4-8-15(13)16/h3-9,12,14,17,24H,10-11H2,1-2H3. The topological polar surface area (TPSA) is 84.5 Å². The van der Waals surface area contributed by atoms with Crippen molar-refractivity contribution < 1.29 is 13.5 Å². The molecular weight excluding hydrogens is 378 g/mol. The van der Waals surface area contributed by atoms with Crippen molar-refractivity contribution in [3.05, 3.63) is 58.6 Å². The monoisotopic (exact) mass is 399 g/mol. The molecule has 3 aromatic rings. The van der Waals surface area contributed by atoms with Crippen molar-refractivity contribution in [2.24, 2.45) is 0 Å². The fourth-order valence-electron chi connectivity index (χ4n) is 4.58. The first kappa shape index (κ1) is 17.5. The van der Waals surface area contributed by atoms with E-state index in [2.05, 4.69) is 0 Å². The lowest BCUT2D eigenvalue weighted by atomic mass is 10.1. The molecule has 8 heteroatoms. The molecule has 2 bridgehead atoms. The van der Waals surface area contributed by atoms with Crippen LogP contribution in [-0.4, -0.2) is 38.8 Å². The highest BCUT2D eigenvalue weighted by Gasteiger charge is 2.52. The summed E-state index contributed by atoms with van der Waals surface area (Å²) in [4.78, 5) is 13.2. The number of aromatic nitrogens is 2. The van der Waals surface area contributed by atoms with Crippen LogP contribution in [0.1, 0.15) is 38.0 Å². The average molecular weight is 399 g/mol. The third-order valence-corrected chi connectivity index (χ3v) is 8.19. The normalized spacial score (nSPS) is 21.7. The van der Waals surface area contributed by atoms with Crippen molar-refractivity contribution in [1.29, 1.82) is 0 Å². The largest absolute Gasteiger partial charge is 0.493 e. The Morgan fingerprint density at radius 1 is 1.11 bits per heavy atom. The molecule has 2 unspecified atom stereocenters. The van der Waals surface area contributed by atoms with Crippen LogP contribution in [0.25, 0.3) is 16.5 Å². The number of hydrogen-bond acceptors (Lipinski definition) is 4. The first-order valence-electron chi connectivity index (χ1n) is 9.37. The highest BCUT2D eigenvalue weighted by atomic mass is 32.2. The number of sulfonamides is 1. The fourth-order valence-corrected chi connectivity index (χ4v) is 6.04. The van der Waals surface area contributed by atoms with Crippen LogP contribution in [0.2, 0.25) is 0 Å². The van der Waals surface area contributed by atoms with E-state index in [4.69, 9.17) is 0 Å². The molecule has 0 amide bonds. The summed E-state index contributed by atoms with van der Waals surface area (Å²) in [6.07, 6.45) is 0.528. The van der Waals surface area contributed by atoms with Gasteiger partial charge in [-0.2, -0.15) is 4.31 Å². The summed E-state index contributed by atoms with van der Waals surface area (Å²) in [5.74, 6) is -0.169. The molecule has 0 radical (unpaired) electrons. The molecule has 28 heavy (non-hydrogen) atoms. The van der Waals surface area contributed by atoms with E-state index in [0.717, 1.165) is 10.8 Å².